The second-order valence-corrected chi connectivity index (χ2v) is 5.36. The molecular formula is C14H22ClNO2. The van der Waals surface area contributed by atoms with Gasteiger partial charge in [0.1, 0.15) is 18.5 Å². The highest BCUT2D eigenvalue weighted by molar-refractivity contribution is 6.32. The number of hydrogen-bond acceptors (Lipinski definition) is 3. The summed E-state index contributed by atoms with van der Waals surface area (Å²) < 4.78 is 5.51. The van der Waals surface area contributed by atoms with E-state index in [1.807, 2.05) is 19.1 Å². The summed E-state index contributed by atoms with van der Waals surface area (Å²) in [5.41, 5.74) is 1.09. The fourth-order valence-electron chi connectivity index (χ4n) is 1.50. The van der Waals surface area contributed by atoms with E-state index in [1.54, 1.807) is 6.07 Å². The summed E-state index contributed by atoms with van der Waals surface area (Å²) in [6.45, 7) is 7.90. The van der Waals surface area contributed by atoms with E-state index in [1.165, 1.54) is 0 Å². The van der Waals surface area contributed by atoms with E-state index in [-0.39, 0.29) is 6.61 Å². The molecule has 3 nitrogen and oxygen atoms in total. The molecule has 4 heteroatoms. The van der Waals surface area contributed by atoms with Crippen molar-refractivity contribution < 1.29 is 9.84 Å². The fraction of sp³-hybridized carbons (Fsp3) is 0.571. The summed E-state index contributed by atoms with van der Waals surface area (Å²) in [5, 5.41) is 13.5. The molecule has 0 aromatic heterocycles. The molecule has 0 radical (unpaired) electrons. The monoisotopic (exact) mass is 271 g/mol. The number of aliphatic hydroxyl groups excluding tert-OH is 1. The van der Waals surface area contributed by atoms with Crippen LogP contribution < -0.4 is 10.1 Å². The van der Waals surface area contributed by atoms with Crippen LogP contribution in [0.4, 0.5) is 0 Å². The molecule has 0 bridgehead atoms. The Kier molecular flexibility index (Phi) is 6.47. The van der Waals surface area contributed by atoms with Gasteiger partial charge in [0.25, 0.3) is 0 Å². The van der Waals surface area contributed by atoms with Gasteiger partial charge in [-0.2, -0.15) is 0 Å². The van der Waals surface area contributed by atoms with Crippen molar-refractivity contribution in [1.82, 2.24) is 5.32 Å². The number of aliphatic hydroxyl groups is 1. The van der Waals surface area contributed by atoms with Gasteiger partial charge in [0.05, 0.1) is 5.02 Å². The van der Waals surface area contributed by atoms with Crippen molar-refractivity contribution in [1.29, 1.82) is 0 Å². The van der Waals surface area contributed by atoms with E-state index in [2.05, 4.69) is 19.2 Å². The first-order chi connectivity index (χ1) is 8.49. The van der Waals surface area contributed by atoms with Crippen LogP contribution >= 0.6 is 11.6 Å². The molecule has 0 aliphatic carbocycles. The molecule has 2 N–H and O–H groups in total. The minimum absolute atomic E-state index is 0.244. The molecular weight excluding hydrogens is 250 g/mol. The lowest BCUT2D eigenvalue weighted by molar-refractivity contribution is 0.106. The van der Waals surface area contributed by atoms with Crippen LogP contribution in [0.15, 0.2) is 18.2 Å². The quantitative estimate of drug-likeness (QED) is 0.801. The predicted molar refractivity (Wildman–Crippen MR) is 75.4 cm³/mol. The van der Waals surface area contributed by atoms with Crippen molar-refractivity contribution in [2.75, 3.05) is 19.7 Å². The molecule has 18 heavy (non-hydrogen) atoms. The smallest absolute Gasteiger partial charge is 0.138 e. The zero-order valence-corrected chi connectivity index (χ0v) is 12.0. The summed E-state index contributed by atoms with van der Waals surface area (Å²) >= 11 is 6.00. The molecule has 0 fully saturated rings. The van der Waals surface area contributed by atoms with Crippen molar-refractivity contribution in [3.63, 3.8) is 0 Å². The summed E-state index contributed by atoms with van der Waals surface area (Å²) in [4.78, 5) is 0. The Balaban J connectivity index is 2.33. The number of hydrogen-bond donors (Lipinski definition) is 2. The van der Waals surface area contributed by atoms with Gasteiger partial charge in [-0.3, -0.25) is 0 Å². The van der Waals surface area contributed by atoms with Crippen molar-refractivity contribution in [2.24, 2.45) is 5.92 Å². The fourth-order valence-corrected chi connectivity index (χ4v) is 1.68. The Bertz CT molecular complexity index is 369. The standard InChI is InChI=1S/C14H22ClNO2/c1-10(2)7-16-8-12(17)9-18-14-6-11(3)4-5-13(14)15/h4-6,10,12,16-17H,7-9H2,1-3H3. The zero-order valence-electron chi connectivity index (χ0n) is 11.2. The maximum Gasteiger partial charge on any atom is 0.138 e. The first kappa shape index (κ1) is 15.3. The molecule has 0 aliphatic rings. The van der Waals surface area contributed by atoms with Gasteiger partial charge in [-0.25, -0.2) is 0 Å². The number of ether oxygens (including phenoxy) is 1. The van der Waals surface area contributed by atoms with Crippen molar-refractivity contribution in [2.45, 2.75) is 26.9 Å². The van der Waals surface area contributed by atoms with Crippen LogP contribution in [0.2, 0.25) is 5.02 Å². The van der Waals surface area contributed by atoms with E-state index >= 15 is 0 Å². The first-order valence-electron chi connectivity index (χ1n) is 6.26. The molecule has 0 spiro atoms. The normalized spacial score (nSPS) is 12.8. The highest BCUT2D eigenvalue weighted by Crippen LogP contribution is 2.25. The number of rotatable bonds is 7. The summed E-state index contributed by atoms with van der Waals surface area (Å²) in [6.07, 6.45) is -0.527. The zero-order chi connectivity index (χ0) is 13.5. The van der Waals surface area contributed by atoms with Gasteiger partial charge < -0.3 is 15.2 Å². The molecule has 0 saturated carbocycles. The van der Waals surface area contributed by atoms with E-state index < -0.39 is 6.10 Å². The van der Waals surface area contributed by atoms with Crippen LogP contribution in [0.25, 0.3) is 0 Å². The van der Waals surface area contributed by atoms with Gasteiger partial charge in [0.15, 0.2) is 0 Å². The van der Waals surface area contributed by atoms with Gasteiger partial charge >= 0.3 is 0 Å². The van der Waals surface area contributed by atoms with Crippen molar-refractivity contribution in [3.8, 4) is 5.75 Å². The third kappa shape index (κ3) is 5.71. The molecule has 0 heterocycles. The lowest BCUT2D eigenvalue weighted by Gasteiger charge is -2.15. The highest BCUT2D eigenvalue weighted by Gasteiger charge is 2.07. The van der Waals surface area contributed by atoms with Crippen molar-refractivity contribution in [3.05, 3.63) is 28.8 Å². The van der Waals surface area contributed by atoms with E-state index in [4.69, 9.17) is 16.3 Å². The third-order valence-corrected chi connectivity index (χ3v) is 2.76. The number of aryl methyl sites for hydroxylation is 1. The van der Waals surface area contributed by atoms with Crippen LogP contribution in [0.5, 0.6) is 5.75 Å². The Labute approximate surface area is 114 Å². The second kappa shape index (κ2) is 7.62. The Morgan fingerprint density at radius 2 is 2.06 bits per heavy atom. The summed E-state index contributed by atoms with van der Waals surface area (Å²) in [5.74, 6) is 1.20. The van der Waals surface area contributed by atoms with Gasteiger partial charge in [-0.05, 0) is 37.1 Å². The lowest BCUT2D eigenvalue weighted by Crippen LogP contribution is -2.33. The first-order valence-corrected chi connectivity index (χ1v) is 6.64. The molecule has 1 aromatic rings. The number of benzene rings is 1. The maximum atomic E-state index is 9.75. The SMILES string of the molecule is Cc1ccc(Cl)c(OCC(O)CNCC(C)C)c1. The van der Waals surface area contributed by atoms with Gasteiger partial charge in [0.2, 0.25) is 0 Å². The molecule has 0 amide bonds. The van der Waals surface area contributed by atoms with Crippen molar-refractivity contribution >= 4 is 11.6 Å². The van der Waals surface area contributed by atoms with Gasteiger partial charge in [-0.1, -0.05) is 31.5 Å². The van der Waals surface area contributed by atoms with E-state index in [0.29, 0.717) is 23.2 Å². The average molecular weight is 272 g/mol. The molecule has 1 atom stereocenters. The summed E-state index contributed by atoms with van der Waals surface area (Å²) in [6, 6.07) is 5.60. The van der Waals surface area contributed by atoms with E-state index in [0.717, 1.165) is 12.1 Å². The van der Waals surface area contributed by atoms with Crippen LogP contribution in [-0.2, 0) is 0 Å². The molecule has 0 aliphatic heterocycles. The molecule has 1 unspecified atom stereocenters. The lowest BCUT2D eigenvalue weighted by atomic mass is 10.2. The molecule has 102 valence electrons. The molecule has 0 saturated heterocycles. The Morgan fingerprint density at radius 1 is 1.33 bits per heavy atom. The van der Waals surface area contributed by atoms with Crippen LogP contribution in [0.1, 0.15) is 19.4 Å². The Morgan fingerprint density at radius 3 is 2.72 bits per heavy atom. The van der Waals surface area contributed by atoms with Crippen LogP contribution in [-0.4, -0.2) is 30.9 Å². The molecule has 1 rings (SSSR count). The third-order valence-electron chi connectivity index (χ3n) is 2.45. The number of halogens is 1. The minimum atomic E-state index is -0.527. The largest absolute Gasteiger partial charge is 0.489 e. The van der Waals surface area contributed by atoms with Gasteiger partial charge in [0, 0.05) is 6.54 Å². The molecule has 1 aromatic carbocycles. The summed E-state index contributed by atoms with van der Waals surface area (Å²) in [7, 11) is 0. The minimum Gasteiger partial charge on any atom is -0.489 e. The van der Waals surface area contributed by atoms with Gasteiger partial charge in [-0.15, -0.1) is 0 Å². The second-order valence-electron chi connectivity index (χ2n) is 4.95. The highest BCUT2D eigenvalue weighted by atomic mass is 35.5. The average Bonchev–Trinajstić information content (AvgIpc) is 2.30. The van der Waals surface area contributed by atoms with Crippen LogP contribution in [0, 0.1) is 12.8 Å². The van der Waals surface area contributed by atoms with Crippen LogP contribution in [0.3, 0.4) is 0 Å². The topological polar surface area (TPSA) is 41.5 Å². The Hall–Kier alpha value is -0.770. The predicted octanol–water partition coefficient (Wildman–Crippen LogP) is 2.63. The number of nitrogens with one attached hydrogen (secondary N) is 1. The van der Waals surface area contributed by atoms with E-state index in [9.17, 15) is 5.11 Å². The maximum absolute atomic E-state index is 9.75.